The van der Waals surface area contributed by atoms with Crippen molar-refractivity contribution in [3.05, 3.63) is 30.1 Å². The van der Waals surface area contributed by atoms with E-state index in [1.807, 2.05) is 18.3 Å². The van der Waals surface area contributed by atoms with Crippen LogP contribution < -0.4 is 4.72 Å². The first-order chi connectivity index (χ1) is 4.43. The highest BCUT2D eigenvalue weighted by molar-refractivity contribution is 7.78. The summed E-state index contributed by atoms with van der Waals surface area (Å²) in [4.78, 5) is 3.93. The molecule has 1 rings (SSSR count). The summed E-state index contributed by atoms with van der Waals surface area (Å²) >= 11 is 3.85. The molecule has 0 amide bonds. The number of aromatic nitrogens is 1. The van der Waals surface area contributed by atoms with Gasteiger partial charge in [-0.05, 0) is 11.6 Å². The molecule has 0 fully saturated rings. The third-order valence-corrected chi connectivity index (χ3v) is 1.16. The average molecular weight is 140 g/mol. The molecule has 0 radical (unpaired) electrons. The molecule has 0 unspecified atom stereocenters. The minimum absolute atomic E-state index is 0.761. The van der Waals surface area contributed by atoms with Crippen molar-refractivity contribution in [1.82, 2.24) is 9.71 Å². The van der Waals surface area contributed by atoms with Crippen molar-refractivity contribution in [2.45, 2.75) is 6.54 Å². The lowest BCUT2D eigenvalue weighted by Gasteiger charge is -1.94. The van der Waals surface area contributed by atoms with Gasteiger partial charge < -0.3 is 0 Å². The summed E-state index contributed by atoms with van der Waals surface area (Å²) in [5.41, 5.74) is 1.15. The van der Waals surface area contributed by atoms with E-state index in [-0.39, 0.29) is 0 Å². The van der Waals surface area contributed by atoms with Crippen LogP contribution in [0.25, 0.3) is 0 Å². The number of nitrogens with one attached hydrogen (secondary N) is 1. The molecule has 0 atom stereocenters. The SMILES string of the molecule is SNCc1cccnc1. The van der Waals surface area contributed by atoms with E-state index in [1.54, 1.807) is 6.20 Å². The molecule has 0 aliphatic rings. The van der Waals surface area contributed by atoms with Gasteiger partial charge in [0, 0.05) is 18.9 Å². The summed E-state index contributed by atoms with van der Waals surface area (Å²) in [7, 11) is 0. The molecule has 1 aromatic heterocycles. The Kier molecular flexibility index (Phi) is 2.54. The van der Waals surface area contributed by atoms with Gasteiger partial charge in [0.25, 0.3) is 0 Å². The highest BCUT2D eigenvalue weighted by atomic mass is 32.1. The van der Waals surface area contributed by atoms with Gasteiger partial charge in [0.2, 0.25) is 0 Å². The second kappa shape index (κ2) is 3.48. The van der Waals surface area contributed by atoms with Crippen LogP contribution in [0.2, 0.25) is 0 Å². The normalized spacial score (nSPS) is 9.44. The van der Waals surface area contributed by atoms with Crippen LogP contribution in [0.1, 0.15) is 5.56 Å². The van der Waals surface area contributed by atoms with E-state index >= 15 is 0 Å². The molecule has 0 aliphatic carbocycles. The van der Waals surface area contributed by atoms with Crippen molar-refractivity contribution in [2.75, 3.05) is 0 Å². The molecule has 0 saturated heterocycles. The molecule has 1 aromatic rings. The number of nitrogens with zero attached hydrogens (tertiary/aromatic N) is 1. The predicted molar refractivity (Wildman–Crippen MR) is 40.1 cm³/mol. The van der Waals surface area contributed by atoms with Crippen molar-refractivity contribution in [3.63, 3.8) is 0 Å². The zero-order chi connectivity index (χ0) is 6.53. The largest absolute Gasteiger partial charge is 0.264 e. The Morgan fingerprint density at radius 3 is 3.11 bits per heavy atom. The topological polar surface area (TPSA) is 24.9 Å². The maximum Gasteiger partial charge on any atom is 0.0322 e. The summed E-state index contributed by atoms with van der Waals surface area (Å²) in [6, 6.07) is 3.90. The zero-order valence-corrected chi connectivity index (χ0v) is 5.81. The fourth-order valence-electron chi connectivity index (χ4n) is 0.594. The van der Waals surface area contributed by atoms with Crippen LogP contribution in [0, 0.1) is 0 Å². The van der Waals surface area contributed by atoms with E-state index in [0.717, 1.165) is 12.1 Å². The molecule has 2 nitrogen and oxygen atoms in total. The van der Waals surface area contributed by atoms with Crippen molar-refractivity contribution in [2.24, 2.45) is 0 Å². The quantitative estimate of drug-likeness (QED) is 0.599. The fourth-order valence-corrected chi connectivity index (χ4v) is 0.777. The summed E-state index contributed by atoms with van der Waals surface area (Å²) in [5.74, 6) is 0. The van der Waals surface area contributed by atoms with Crippen molar-refractivity contribution in [1.29, 1.82) is 0 Å². The number of thiol groups is 1. The Morgan fingerprint density at radius 2 is 2.56 bits per heavy atom. The molecule has 1 N–H and O–H groups in total. The monoisotopic (exact) mass is 140 g/mol. The standard InChI is InChI=1S/C6H8N2S/c9-8-5-6-2-1-3-7-4-6/h1-4,8-9H,5H2. The molecular weight excluding hydrogens is 132 g/mol. The Labute approximate surface area is 59.9 Å². The molecular formula is C6H8N2S. The van der Waals surface area contributed by atoms with Crippen LogP contribution in [-0.4, -0.2) is 4.98 Å². The molecule has 9 heavy (non-hydrogen) atoms. The molecule has 0 saturated carbocycles. The molecule has 0 bridgehead atoms. The molecule has 48 valence electrons. The van der Waals surface area contributed by atoms with E-state index in [9.17, 15) is 0 Å². The van der Waals surface area contributed by atoms with Gasteiger partial charge in [-0.15, -0.1) is 0 Å². The molecule has 3 heteroatoms. The minimum atomic E-state index is 0.761. The molecule has 0 aromatic carbocycles. The van der Waals surface area contributed by atoms with E-state index in [0.29, 0.717) is 0 Å². The maximum absolute atomic E-state index is 3.93. The predicted octanol–water partition coefficient (Wildman–Crippen LogP) is 1.02. The second-order valence-electron chi connectivity index (χ2n) is 1.70. The van der Waals surface area contributed by atoms with Gasteiger partial charge in [0.15, 0.2) is 0 Å². The van der Waals surface area contributed by atoms with Gasteiger partial charge in [-0.3, -0.25) is 9.71 Å². The van der Waals surface area contributed by atoms with Gasteiger partial charge in [-0.25, -0.2) is 0 Å². The first-order valence-corrected chi connectivity index (χ1v) is 3.14. The molecule has 1 heterocycles. The minimum Gasteiger partial charge on any atom is -0.264 e. The second-order valence-corrected chi connectivity index (χ2v) is 2.01. The lowest BCUT2D eigenvalue weighted by Crippen LogP contribution is -1.97. The van der Waals surface area contributed by atoms with Crippen molar-refractivity contribution < 1.29 is 0 Å². The third kappa shape index (κ3) is 2.03. The highest BCUT2D eigenvalue weighted by Crippen LogP contribution is 1.93. The van der Waals surface area contributed by atoms with Crippen LogP contribution in [0.5, 0.6) is 0 Å². The first-order valence-electron chi connectivity index (χ1n) is 2.69. The Hall–Kier alpha value is -0.540. The van der Waals surface area contributed by atoms with E-state index in [2.05, 4.69) is 22.5 Å². The summed E-state index contributed by atoms with van der Waals surface area (Å²) in [6.45, 7) is 0.761. The third-order valence-electron chi connectivity index (χ3n) is 1.01. The Morgan fingerprint density at radius 1 is 1.67 bits per heavy atom. The van der Waals surface area contributed by atoms with Crippen molar-refractivity contribution in [3.8, 4) is 0 Å². The number of pyridine rings is 1. The number of rotatable bonds is 2. The molecule has 0 spiro atoms. The average Bonchev–Trinajstić information content (AvgIpc) is 1.91. The fraction of sp³-hybridized carbons (Fsp3) is 0.167. The van der Waals surface area contributed by atoms with Gasteiger partial charge in [-0.2, -0.15) is 0 Å². The Balaban J connectivity index is 2.61. The van der Waals surface area contributed by atoms with Crippen LogP contribution in [0.4, 0.5) is 0 Å². The highest BCUT2D eigenvalue weighted by Gasteiger charge is 1.85. The zero-order valence-electron chi connectivity index (χ0n) is 4.91. The number of hydrogen-bond acceptors (Lipinski definition) is 3. The van der Waals surface area contributed by atoms with E-state index in [4.69, 9.17) is 0 Å². The van der Waals surface area contributed by atoms with Crippen LogP contribution in [-0.2, 0) is 6.54 Å². The maximum atomic E-state index is 3.93. The van der Waals surface area contributed by atoms with E-state index in [1.165, 1.54) is 0 Å². The van der Waals surface area contributed by atoms with Crippen molar-refractivity contribution >= 4 is 12.8 Å². The molecule has 0 aliphatic heterocycles. The lowest BCUT2D eigenvalue weighted by atomic mass is 10.3. The van der Waals surface area contributed by atoms with E-state index < -0.39 is 0 Å². The van der Waals surface area contributed by atoms with Crippen LogP contribution >= 0.6 is 12.8 Å². The van der Waals surface area contributed by atoms with Crippen LogP contribution in [0.15, 0.2) is 24.5 Å². The van der Waals surface area contributed by atoms with Gasteiger partial charge >= 0.3 is 0 Å². The van der Waals surface area contributed by atoms with Gasteiger partial charge in [-0.1, -0.05) is 18.9 Å². The summed E-state index contributed by atoms with van der Waals surface area (Å²) in [6.07, 6.45) is 3.56. The van der Waals surface area contributed by atoms with Gasteiger partial charge in [0.05, 0.1) is 0 Å². The number of hydrogen-bond donors (Lipinski definition) is 2. The summed E-state index contributed by atoms with van der Waals surface area (Å²) in [5, 5.41) is 0. The summed E-state index contributed by atoms with van der Waals surface area (Å²) < 4.78 is 2.74. The first kappa shape index (κ1) is 6.58. The smallest absolute Gasteiger partial charge is 0.0322 e. The van der Waals surface area contributed by atoms with Gasteiger partial charge in [0.1, 0.15) is 0 Å². The van der Waals surface area contributed by atoms with Crippen LogP contribution in [0.3, 0.4) is 0 Å². The Bertz CT molecular complexity index is 164. The lowest BCUT2D eigenvalue weighted by molar-refractivity contribution is 0.972.